The maximum absolute atomic E-state index is 11.2. The van der Waals surface area contributed by atoms with Crippen molar-refractivity contribution in [3.63, 3.8) is 0 Å². The first-order valence-corrected chi connectivity index (χ1v) is 6.88. The number of hydrogen-bond acceptors (Lipinski definition) is 3. The van der Waals surface area contributed by atoms with Gasteiger partial charge in [-0.3, -0.25) is 4.90 Å². The monoisotopic (exact) mass is 263 g/mol. The minimum atomic E-state index is -0.869. The van der Waals surface area contributed by atoms with E-state index in [1.807, 2.05) is 12.1 Å². The summed E-state index contributed by atoms with van der Waals surface area (Å²) in [4.78, 5) is 13.5. The Balaban J connectivity index is 2.09. The van der Waals surface area contributed by atoms with E-state index in [9.17, 15) is 9.90 Å². The zero-order valence-electron chi connectivity index (χ0n) is 11.1. The highest BCUT2D eigenvalue weighted by Crippen LogP contribution is 2.27. The van der Waals surface area contributed by atoms with Crippen molar-refractivity contribution in [2.45, 2.75) is 38.3 Å². The predicted molar refractivity (Wildman–Crippen MR) is 73.2 cm³/mol. The molecular weight excluding hydrogens is 242 g/mol. The molecule has 104 valence electrons. The zero-order chi connectivity index (χ0) is 13.7. The molecule has 0 aliphatic heterocycles. The molecule has 2 rings (SSSR count). The molecule has 1 aliphatic carbocycles. The van der Waals surface area contributed by atoms with Gasteiger partial charge in [0, 0.05) is 25.7 Å². The van der Waals surface area contributed by atoms with Crippen LogP contribution >= 0.6 is 0 Å². The van der Waals surface area contributed by atoms with E-state index in [1.165, 1.54) is 19.3 Å². The topological polar surface area (TPSA) is 60.8 Å². The summed E-state index contributed by atoms with van der Waals surface area (Å²) in [5.74, 6) is -0.869. The summed E-state index contributed by atoms with van der Waals surface area (Å²) in [6, 6.07) is 7.73. The van der Waals surface area contributed by atoms with Gasteiger partial charge in [-0.25, -0.2) is 4.79 Å². The highest BCUT2D eigenvalue weighted by molar-refractivity contribution is 5.89. The summed E-state index contributed by atoms with van der Waals surface area (Å²) in [6.45, 7) is 1.67. The average molecular weight is 263 g/mol. The third kappa shape index (κ3) is 3.55. The number of aromatic carboxylic acids is 1. The Labute approximate surface area is 113 Å². The van der Waals surface area contributed by atoms with E-state index in [-0.39, 0.29) is 6.61 Å². The van der Waals surface area contributed by atoms with E-state index in [4.69, 9.17) is 5.11 Å². The van der Waals surface area contributed by atoms with Gasteiger partial charge in [0.15, 0.2) is 0 Å². The van der Waals surface area contributed by atoms with E-state index in [1.54, 1.807) is 12.1 Å². The molecule has 2 N–H and O–H groups in total. The first kappa shape index (κ1) is 14.0. The lowest BCUT2D eigenvalue weighted by molar-refractivity contribution is 0.0690. The lowest BCUT2D eigenvalue weighted by Crippen LogP contribution is -2.40. The predicted octanol–water partition coefficient (Wildman–Crippen LogP) is 2.12. The Kier molecular flexibility index (Phi) is 4.93. The Hall–Kier alpha value is -1.39. The lowest BCUT2D eigenvalue weighted by Gasteiger charge is -2.37. The molecule has 0 spiro atoms. The molecule has 0 atom stereocenters. The largest absolute Gasteiger partial charge is 0.478 e. The lowest BCUT2D eigenvalue weighted by atomic mass is 9.90. The number of carbonyl (C=O) groups is 1. The van der Waals surface area contributed by atoms with Gasteiger partial charge < -0.3 is 10.2 Å². The molecule has 1 aromatic rings. The molecule has 0 saturated heterocycles. The maximum Gasteiger partial charge on any atom is 0.336 e. The molecule has 0 radical (unpaired) electrons. The second kappa shape index (κ2) is 6.68. The third-order valence-electron chi connectivity index (χ3n) is 3.82. The summed E-state index contributed by atoms with van der Waals surface area (Å²) in [5.41, 5.74) is 1.25. The number of carboxylic acids is 1. The summed E-state index contributed by atoms with van der Waals surface area (Å²) in [6.07, 6.45) is 4.36. The minimum Gasteiger partial charge on any atom is -0.478 e. The summed E-state index contributed by atoms with van der Waals surface area (Å²) < 4.78 is 0. The van der Waals surface area contributed by atoms with Crippen LogP contribution in [0.25, 0.3) is 0 Å². The van der Waals surface area contributed by atoms with Crippen molar-refractivity contribution < 1.29 is 15.0 Å². The number of hydrogen-bond donors (Lipinski definition) is 2. The van der Waals surface area contributed by atoms with Gasteiger partial charge in [-0.1, -0.05) is 24.6 Å². The van der Waals surface area contributed by atoms with Crippen LogP contribution < -0.4 is 0 Å². The van der Waals surface area contributed by atoms with Gasteiger partial charge in [0.1, 0.15) is 0 Å². The van der Waals surface area contributed by atoms with Crippen LogP contribution in [0.5, 0.6) is 0 Å². The molecule has 1 aliphatic rings. The fourth-order valence-corrected chi connectivity index (χ4v) is 2.50. The SMILES string of the molecule is O=C(O)c1ccccc1CN(CCCO)C1CCC1. The first-order chi connectivity index (χ1) is 9.22. The van der Waals surface area contributed by atoms with Crippen LogP contribution in [0.4, 0.5) is 0 Å². The van der Waals surface area contributed by atoms with Gasteiger partial charge >= 0.3 is 5.97 Å². The van der Waals surface area contributed by atoms with E-state index in [0.29, 0.717) is 18.2 Å². The van der Waals surface area contributed by atoms with E-state index >= 15 is 0 Å². The molecule has 0 aromatic heterocycles. The quantitative estimate of drug-likeness (QED) is 0.791. The fourth-order valence-electron chi connectivity index (χ4n) is 2.50. The molecule has 19 heavy (non-hydrogen) atoms. The van der Waals surface area contributed by atoms with Gasteiger partial charge in [0.05, 0.1) is 5.56 Å². The summed E-state index contributed by atoms with van der Waals surface area (Å²) >= 11 is 0. The summed E-state index contributed by atoms with van der Waals surface area (Å²) in [5, 5.41) is 18.2. The molecular formula is C15H21NO3. The Morgan fingerprint density at radius 1 is 1.32 bits per heavy atom. The van der Waals surface area contributed by atoms with Crippen LogP contribution in [0.2, 0.25) is 0 Å². The van der Waals surface area contributed by atoms with Crippen molar-refractivity contribution in [1.82, 2.24) is 4.90 Å². The maximum atomic E-state index is 11.2. The van der Waals surface area contributed by atoms with Crippen molar-refractivity contribution >= 4 is 5.97 Å². The average Bonchev–Trinajstić information content (AvgIpc) is 2.34. The number of nitrogens with zero attached hydrogens (tertiary/aromatic N) is 1. The number of carboxylic acid groups (broad SMARTS) is 1. The second-order valence-electron chi connectivity index (χ2n) is 5.09. The van der Waals surface area contributed by atoms with Crippen molar-refractivity contribution in [3.8, 4) is 0 Å². The molecule has 0 bridgehead atoms. The highest BCUT2D eigenvalue weighted by atomic mass is 16.4. The van der Waals surface area contributed by atoms with Crippen molar-refractivity contribution in [3.05, 3.63) is 35.4 Å². The van der Waals surface area contributed by atoms with Crippen LogP contribution in [-0.2, 0) is 6.54 Å². The second-order valence-corrected chi connectivity index (χ2v) is 5.09. The molecule has 0 amide bonds. The molecule has 1 fully saturated rings. The number of benzene rings is 1. The molecule has 4 nitrogen and oxygen atoms in total. The van der Waals surface area contributed by atoms with Crippen LogP contribution in [-0.4, -0.2) is 40.3 Å². The van der Waals surface area contributed by atoms with Crippen molar-refractivity contribution in [2.75, 3.05) is 13.2 Å². The minimum absolute atomic E-state index is 0.184. The number of aliphatic hydroxyl groups is 1. The summed E-state index contributed by atoms with van der Waals surface area (Å²) in [7, 11) is 0. The normalized spacial score (nSPS) is 15.5. The van der Waals surface area contributed by atoms with Gasteiger partial charge in [-0.2, -0.15) is 0 Å². The van der Waals surface area contributed by atoms with Gasteiger partial charge in [-0.15, -0.1) is 0 Å². The van der Waals surface area contributed by atoms with Crippen molar-refractivity contribution in [2.24, 2.45) is 0 Å². The van der Waals surface area contributed by atoms with E-state index < -0.39 is 5.97 Å². The molecule has 4 heteroatoms. The Morgan fingerprint density at radius 2 is 2.05 bits per heavy atom. The van der Waals surface area contributed by atoms with Crippen LogP contribution in [0, 0.1) is 0 Å². The number of aliphatic hydroxyl groups excluding tert-OH is 1. The molecule has 1 aromatic carbocycles. The van der Waals surface area contributed by atoms with Gasteiger partial charge in [0.2, 0.25) is 0 Å². The smallest absolute Gasteiger partial charge is 0.336 e. The van der Waals surface area contributed by atoms with Gasteiger partial charge in [0.25, 0.3) is 0 Å². The Bertz CT molecular complexity index is 429. The van der Waals surface area contributed by atoms with Crippen molar-refractivity contribution in [1.29, 1.82) is 0 Å². The third-order valence-corrected chi connectivity index (χ3v) is 3.82. The van der Waals surface area contributed by atoms with Crippen LogP contribution in [0.15, 0.2) is 24.3 Å². The molecule has 0 unspecified atom stereocenters. The van der Waals surface area contributed by atoms with Crippen LogP contribution in [0.3, 0.4) is 0 Å². The fraction of sp³-hybridized carbons (Fsp3) is 0.533. The molecule has 1 saturated carbocycles. The van der Waals surface area contributed by atoms with Gasteiger partial charge in [-0.05, 0) is 30.9 Å². The van der Waals surface area contributed by atoms with Crippen LogP contribution in [0.1, 0.15) is 41.6 Å². The standard InChI is InChI=1S/C15H21NO3/c17-10-4-9-16(13-6-3-7-13)11-12-5-1-2-8-14(12)15(18)19/h1-2,5,8,13,17H,3-4,6-7,9-11H2,(H,18,19). The highest BCUT2D eigenvalue weighted by Gasteiger charge is 2.25. The van der Waals surface area contributed by atoms with E-state index in [2.05, 4.69) is 4.90 Å². The Morgan fingerprint density at radius 3 is 2.63 bits per heavy atom. The number of rotatable bonds is 7. The zero-order valence-corrected chi connectivity index (χ0v) is 11.1. The van der Waals surface area contributed by atoms with E-state index in [0.717, 1.165) is 18.5 Å². The first-order valence-electron chi connectivity index (χ1n) is 6.88. The molecule has 0 heterocycles.